The van der Waals surface area contributed by atoms with Gasteiger partial charge in [-0.2, -0.15) is 4.58 Å². The first-order valence-corrected chi connectivity index (χ1v) is 13.7. The summed E-state index contributed by atoms with van der Waals surface area (Å²) < 4.78 is 13.1. The molecular formula is C32H43N2O4+. The molecule has 0 radical (unpaired) electrons. The van der Waals surface area contributed by atoms with Gasteiger partial charge in [0.05, 0.1) is 25.2 Å². The fourth-order valence-electron chi connectivity index (χ4n) is 5.87. The second kappa shape index (κ2) is 12.4. The number of para-hydroxylation sites is 2. The van der Waals surface area contributed by atoms with Crippen molar-refractivity contribution in [3.63, 3.8) is 0 Å². The molecule has 0 unspecified atom stereocenters. The molecule has 204 valence electrons. The maximum atomic E-state index is 9.02. The number of ether oxygens (including phenoxy) is 2. The molecule has 0 amide bonds. The molecule has 0 fully saturated rings. The highest BCUT2D eigenvalue weighted by Gasteiger charge is 2.44. The summed E-state index contributed by atoms with van der Waals surface area (Å²) in [6.45, 7) is 12.2. The molecule has 0 aromatic heterocycles. The minimum Gasteiger partial charge on any atom is -0.394 e. The molecule has 2 aromatic carbocycles. The number of aliphatic hydroxyl groups excluding tert-OH is 2. The van der Waals surface area contributed by atoms with Gasteiger partial charge in [0.1, 0.15) is 6.79 Å². The van der Waals surface area contributed by atoms with E-state index in [4.69, 9.17) is 19.7 Å². The Hall–Kier alpha value is -2.77. The lowest BCUT2D eigenvalue weighted by Gasteiger charge is -2.27. The highest BCUT2D eigenvalue weighted by molar-refractivity contribution is 6.03. The van der Waals surface area contributed by atoms with Crippen molar-refractivity contribution in [2.24, 2.45) is 0 Å². The molecule has 0 atom stereocenters. The van der Waals surface area contributed by atoms with Gasteiger partial charge in [0.2, 0.25) is 5.69 Å². The van der Waals surface area contributed by atoms with Crippen LogP contribution in [0.2, 0.25) is 0 Å². The van der Waals surface area contributed by atoms with Gasteiger partial charge >= 0.3 is 0 Å². The fourth-order valence-corrected chi connectivity index (χ4v) is 5.87. The predicted octanol–water partition coefficient (Wildman–Crippen LogP) is 5.06. The maximum absolute atomic E-state index is 9.02. The lowest BCUT2D eigenvalue weighted by atomic mass is 9.81. The van der Waals surface area contributed by atoms with E-state index in [1.807, 2.05) is 0 Å². The van der Waals surface area contributed by atoms with Gasteiger partial charge < -0.3 is 24.6 Å². The quantitative estimate of drug-likeness (QED) is 0.220. The standard InChI is InChI=1S/C32H43N2O4/c1-31(2)25-12-5-7-14-27(25)33(18-10-21-37-23-20-35)29(31)16-9-17-30-32(3,4)26-13-6-8-15-28(26)34(30)19-11-22-38-24-36/h5-9,12-17,35-36H,10-11,18-24H2,1-4H3/q+1. The second-order valence-corrected chi connectivity index (χ2v) is 11.0. The van der Waals surface area contributed by atoms with E-state index in [0.29, 0.717) is 19.8 Å². The smallest absolute Gasteiger partial charge is 0.209 e. The molecule has 6 heteroatoms. The molecule has 2 aromatic rings. The van der Waals surface area contributed by atoms with Crippen LogP contribution in [0.3, 0.4) is 0 Å². The van der Waals surface area contributed by atoms with Crippen molar-refractivity contribution < 1.29 is 24.3 Å². The summed E-state index contributed by atoms with van der Waals surface area (Å²) in [5.74, 6) is 0. The molecule has 6 nitrogen and oxygen atoms in total. The van der Waals surface area contributed by atoms with Crippen LogP contribution < -0.4 is 4.90 Å². The zero-order chi connectivity index (χ0) is 27.2. The Morgan fingerprint density at radius 1 is 0.842 bits per heavy atom. The Morgan fingerprint density at radius 2 is 1.55 bits per heavy atom. The number of nitrogens with zero attached hydrogens (tertiary/aromatic N) is 2. The van der Waals surface area contributed by atoms with Gasteiger partial charge in [-0.3, -0.25) is 0 Å². The number of hydrogen-bond acceptors (Lipinski definition) is 5. The van der Waals surface area contributed by atoms with E-state index in [1.165, 1.54) is 33.9 Å². The Kier molecular flexibility index (Phi) is 9.21. The molecule has 0 saturated carbocycles. The minimum absolute atomic E-state index is 0.0556. The molecule has 38 heavy (non-hydrogen) atoms. The Morgan fingerprint density at radius 3 is 2.32 bits per heavy atom. The van der Waals surface area contributed by atoms with E-state index in [1.54, 1.807) is 0 Å². The average Bonchev–Trinajstić information content (AvgIpc) is 3.26. The van der Waals surface area contributed by atoms with Crippen molar-refractivity contribution in [1.29, 1.82) is 0 Å². The third-order valence-corrected chi connectivity index (χ3v) is 7.77. The molecule has 2 aliphatic rings. The van der Waals surface area contributed by atoms with E-state index in [2.05, 4.69) is 104 Å². The third-order valence-electron chi connectivity index (χ3n) is 7.77. The Bertz CT molecular complexity index is 1200. The van der Waals surface area contributed by atoms with Gasteiger partial charge in [-0.1, -0.05) is 56.3 Å². The summed E-state index contributed by atoms with van der Waals surface area (Å²) in [7, 11) is 0. The van der Waals surface area contributed by atoms with Gasteiger partial charge in [0.25, 0.3) is 0 Å². The lowest BCUT2D eigenvalue weighted by molar-refractivity contribution is -0.439. The van der Waals surface area contributed by atoms with Crippen LogP contribution in [-0.2, 0) is 20.3 Å². The van der Waals surface area contributed by atoms with Crippen molar-refractivity contribution in [2.45, 2.75) is 51.4 Å². The highest BCUT2D eigenvalue weighted by Crippen LogP contribution is 2.47. The van der Waals surface area contributed by atoms with Crippen LogP contribution >= 0.6 is 0 Å². The molecule has 0 bridgehead atoms. The SMILES string of the molecule is CC1(C)C(/C=C/C=C2/N(CCCOCCO)c3ccccc3C2(C)C)=[N+](CCCOCO)c2ccccc21. The van der Waals surface area contributed by atoms with Gasteiger partial charge in [-0.05, 0) is 38.0 Å². The first kappa shape index (κ1) is 28.2. The zero-order valence-electron chi connectivity index (χ0n) is 23.3. The van der Waals surface area contributed by atoms with Crippen molar-refractivity contribution >= 4 is 17.1 Å². The van der Waals surface area contributed by atoms with Crippen LogP contribution in [0.1, 0.15) is 51.7 Å². The fraction of sp³-hybridized carbons (Fsp3) is 0.469. The van der Waals surface area contributed by atoms with E-state index in [9.17, 15) is 0 Å². The summed E-state index contributed by atoms with van der Waals surface area (Å²) in [6, 6.07) is 17.3. The van der Waals surface area contributed by atoms with Crippen LogP contribution in [0.25, 0.3) is 0 Å². The normalized spacial score (nSPS) is 18.6. The lowest BCUT2D eigenvalue weighted by Crippen LogP contribution is -2.28. The van der Waals surface area contributed by atoms with Crippen molar-refractivity contribution in [3.8, 4) is 0 Å². The monoisotopic (exact) mass is 519 g/mol. The number of aliphatic hydroxyl groups is 2. The van der Waals surface area contributed by atoms with Crippen LogP contribution in [0.15, 0.2) is 72.5 Å². The van der Waals surface area contributed by atoms with Crippen molar-refractivity contribution in [2.75, 3.05) is 51.2 Å². The molecule has 4 rings (SSSR count). The summed E-state index contributed by atoms with van der Waals surface area (Å²) in [5, 5.41) is 18.0. The summed E-state index contributed by atoms with van der Waals surface area (Å²) in [5.41, 5.74) is 7.45. The first-order valence-electron chi connectivity index (χ1n) is 13.7. The average molecular weight is 520 g/mol. The third kappa shape index (κ3) is 5.64. The van der Waals surface area contributed by atoms with E-state index < -0.39 is 0 Å². The van der Waals surface area contributed by atoms with Crippen LogP contribution in [0.5, 0.6) is 0 Å². The van der Waals surface area contributed by atoms with Crippen molar-refractivity contribution in [1.82, 2.24) is 0 Å². The van der Waals surface area contributed by atoms with Crippen LogP contribution in [0.4, 0.5) is 11.4 Å². The Labute approximate surface area is 227 Å². The molecule has 2 aliphatic heterocycles. The maximum Gasteiger partial charge on any atom is 0.209 e. The summed E-state index contributed by atoms with van der Waals surface area (Å²) in [6.07, 6.45) is 8.46. The van der Waals surface area contributed by atoms with Crippen molar-refractivity contribution in [3.05, 3.63) is 83.6 Å². The predicted molar refractivity (Wildman–Crippen MR) is 153 cm³/mol. The molecule has 0 saturated heterocycles. The Balaban J connectivity index is 1.64. The van der Waals surface area contributed by atoms with Gasteiger partial charge in [0.15, 0.2) is 12.3 Å². The molecular weight excluding hydrogens is 476 g/mol. The minimum atomic E-state index is -0.242. The number of fused-ring (bicyclic) bond motifs is 2. The van der Waals surface area contributed by atoms with E-state index in [0.717, 1.165) is 25.9 Å². The number of allylic oxidation sites excluding steroid dienone is 4. The summed E-state index contributed by atoms with van der Waals surface area (Å²) >= 11 is 0. The van der Waals surface area contributed by atoms with Crippen LogP contribution in [-0.4, -0.2) is 66.8 Å². The number of anilines is 1. The number of rotatable bonds is 13. The van der Waals surface area contributed by atoms with Gasteiger partial charge in [0, 0.05) is 54.1 Å². The van der Waals surface area contributed by atoms with E-state index >= 15 is 0 Å². The van der Waals surface area contributed by atoms with Crippen LogP contribution in [0, 0.1) is 0 Å². The molecule has 0 spiro atoms. The summed E-state index contributed by atoms with van der Waals surface area (Å²) in [4.78, 5) is 2.42. The van der Waals surface area contributed by atoms with Gasteiger partial charge in [-0.25, -0.2) is 0 Å². The van der Waals surface area contributed by atoms with Gasteiger partial charge in [-0.15, -0.1) is 0 Å². The molecule has 0 aliphatic carbocycles. The number of hydrogen-bond donors (Lipinski definition) is 2. The first-order chi connectivity index (χ1) is 18.3. The molecule has 2 heterocycles. The number of benzene rings is 2. The van der Waals surface area contributed by atoms with E-state index in [-0.39, 0.29) is 24.2 Å². The molecule has 2 N–H and O–H groups in total. The highest BCUT2D eigenvalue weighted by atomic mass is 16.6. The zero-order valence-corrected chi connectivity index (χ0v) is 23.3. The largest absolute Gasteiger partial charge is 0.394 e. The second-order valence-electron chi connectivity index (χ2n) is 11.0. The topological polar surface area (TPSA) is 65.2 Å².